The van der Waals surface area contributed by atoms with E-state index in [1.54, 1.807) is 14.2 Å². The minimum absolute atomic E-state index is 0.149. The Morgan fingerprint density at radius 1 is 1.05 bits per heavy atom. The zero-order chi connectivity index (χ0) is 14.8. The maximum Gasteiger partial charge on any atom is 0.127 e. The molecule has 0 aromatic heterocycles. The van der Waals surface area contributed by atoms with Crippen LogP contribution in [0.15, 0.2) is 18.2 Å². The molecule has 5 heteroatoms. The SMILES string of the molecule is CNC(C)c1c(OC)cccc1OCCOCCOC. The minimum Gasteiger partial charge on any atom is -0.496 e. The zero-order valence-electron chi connectivity index (χ0n) is 12.8. The first kappa shape index (κ1) is 16.8. The molecule has 1 aromatic rings. The summed E-state index contributed by atoms with van der Waals surface area (Å²) < 4.78 is 21.5. The third-order valence-electron chi connectivity index (χ3n) is 3.03. The van der Waals surface area contributed by atoms with Crippen molar-refractivity contribution in [3.63, 3.8) is 0 Å². The van der Waals surface area contributed by atoms with Gasteiger partial charge < -0.3 is 24.3 Å². The Bertz CT molecular complexity index is 384. The van der Waals surface area contributed by atoms with Crippen molar-refractivity contribution < 1.29 is 18.9 Å². The summed E-state index contributed by atoms with van der Waals surface area (Å²) in [4.78, 5) is 0. The zero-order valence-corrected chi connectivity index (χ0v) is 12.8. The van der Waals surface area contributed by atoms with Gasteiger partial charge in [-0.05, 0) is 26.1 Å². The standard InChI is InChI=1S/C15H25NO4/c1-12(16-2)15-13(18-4)6-5-7-14(15)20-11-10-19-9-8-17-3/h5-7,12,16H,8-11H2,1-4H3. The van der Waals surface area contributed by atoms with Crippen molar-refractivity contribution in [2.45, 2.75) is 13.0 Å². The van der Waals surface area contributed by atoms with Crippen LogP contribution in [0.25, 0.3) is 0 Å². The molecule has 0 heterocycles. The Kier molecular flexibility index (Phi) is 8.02. The predicted octanol–water partition coefficient (Wildman–Crippen LogP) is 2.02. The van der Waals surface area contributed by atoms with Crippen LogP contribution in [0.4, 0.5) is 0 Å². The van der Waals surface area contributed by atoms with Gasteiger partial charge >= 0.3 is 0 Å². The van der Waals surface area contributed by atoms with E-state index >= 15 is 0 Å². The van der Waals surface area contributed by atoms with Crippen LogP contribution in [0, 0.1) is 0 Å². The Hall–Kier alpha value is -1.30. The third-order valence-corrected chi connectivity index (χ3v) is 3.03. The number of rotatable bonds is 10. The summed E-state index contributed by atoms with van der Waals surface area (Å²) >= 11 is 0. The summed E-state index contributed by atoms with van der Waals surface area (Å²) in [7, 11) is 5.23. The molecule has 0 spiro atoms. The molecule has 0 saturated carbocycles. The van der Waals surface area contributed by atoms with E-state index in [-0.39, 0.29) is 6.04 Å². The van der Waals surface area contributed by atoms with Crippen LogP contribution in [0.2, 0.25) is 0 Å². The molecule has 0 radical (unpaired) electrons. The lowest BCUT2D eigenvalue weighted by Gasteiger charge is -2.19. The average Bonchev–Trinajstić information content (AvgIpc) is 2.49. The maximum absolute atomic E-state index is 5.80. The Labute approximate surface area is 121 Å². The molecule has 0 amide bonds. The van der Waals surface area contributed by atoms with Gasteiger partial charge in [0.15, 0.2) is 0 Å². The molecule has 1 rings (SSSR count). The lowest BCUT2D eigenvalue weighted by Crippen LogP contribution is -2.16. The highest BCUT2D eigenvalue weighted by atomic mass is 16.5. The van der Waals surface area contributed by atoms with Gasteiger partial charge in [-0.1, -0.05) is 6.07 Å². The molecule has 1 aromatic carbocycles. The summed E-state index contributed by atoms with van der Waals surface area (Å²) in [6.07, 6.45) is 0. The summed E-state index contributed by atoms with van der Waals surface area (Å²) in [5.41, 5.74) is 1.02. The van der Waals surface area contributed by atoms with Crippen molar-refractivity contribution in [1.29, 1.82) is 0 Å². The molecule has 5 nitrogen and oxygen atoms in total. The van der Waals surface area contributed by atoms with Gasteiger partial charge in [-0.15, -0.1) is 0 Å². The van der Waals surface area contributed by atoms with E-state index in [9.17, 15) is 0 Å². The average molecular weight is 283 g/mol. The van der Waals surface area contributed by atoms with Gasteiger partial charge in [-0.25, -0.2) is 0 Å². The molecule has 0 fully saturated rings. The number of nitrogens with one attached hydrogen (secondary N) is 1. The van der Waals surface area contributed by atoms with E-state index in [2.05, 4.69) is 12.2 Å². The molecule has 20 heavy (non-hydrogen) atoms. The molecular weight excluding hydrogens is 258 g/mol. The van der Waals surface area contributed by atoms with Crippen molar-refractivity contribution in [2.75, 3.05) is 47.7 Å². The second kappa shape index (κ2) is 9.58. The van der Waals surface area contributed by atoms with Crippen LogP contribution >= 0.6 is 0 Å². The molecule has 1 N–H and O–H groups in total. The van der Waals surface area contributed by atoms with Gasteiger partial charge in [0, 0.05) is 13.2 Å². The first-order valence-corrected chi connectivity index (χ1v) is 6.78. The fraction of sp³-hybridized carbons (Fsp3) is 0.600. The van der Waals surface area contributed by atoms with E-state index in [1.165, 1.54) is 0 Å². The lowest BCUT2D eigenvalue weighted by molar-refractivity contribution is 0.0541. The number of hydrogen-bond acceptors (Lipinski definition) is 5. The molecule has 114 valence electrons. The van der Waals surface area contributed by atoms with Crippen molar-refractivity contribution >= 4 is 0 Å². The van der Waals surface area contributed by atoms with Crippen LogP contribution in [0.5, 0.6) is 11.5 Å². The Morgan fingerprint density at radius 2 is 1.75 bits per heavy atom. The largest absolute Gasteiger partial charge is 0.496 e. The maximum atomic E-state index is 5.80. The Morgan fingerprint density at radius 3 is 2.40 bits per heavy atom. The van der Waals surface area contributed by atoms with E-state index in [0.29, 0.717) is 26.4 Å². The molecule has 1 atom stereocenters. The predicted molar refractivity (Wildman–Crippen MR) is 78.7 cm³/mol. The van der Waals surface area contributed by atoms with Crippen LogP contribution in [0.3, 0.4) is 0 Å². The van der Waals surface area contributed by atoms with Crippen molar-refractivity contribution in [3.05, 3.63) is 23.8 Å². The number of ether oxygens (including phenoxy) is 4. The van der Waals surface area contributed by atoms with Crippen LogP contribution in [-0.2, 0) is 9.47 Å². The van der Waals surface area contributed by atoms with Gasteiger partial charge in [-0.3, -0.25) is 0 Å². The van der Waals surface area contributed by atoms with Gasteiger partial charge in [0.1, 0.15) is 18.1 Å². The minimum atomic E-state index is 0.149. The number of hydrogen-bond donors (Lipinski definition) is 1. The van der Waals surface area contributed by atoms with Crippen molar-refractivity contribution in [2.24, 2.45) is 0 Å². The van der Waals surface area contributed by atoms with Crippen molar-refractivity contribution in [3.8, 4) is 11.5 Å². The summed E-state index contributed by atoms with van der Waals surface area (Å²) in [5.74, 6) is 1.64. The monoisotopic (exact) mass is 283 g/mol. The third kappa shape index (κ3) is 5.00. The smallest absolute Gasteiger partial charge is 0.127 e. The normalized spacial score (nSPS) is 12.2. The summed E-state index contributed by atoms with van der Waals surface area (Å²) in [6.45, 7) is 4.28. The highest BCUT2D eigenvalue weighted by molar-refractivity contribution is 5.46. The van der Waals surface area contributed by atoms with Gasteiger partial charge in [-0.2, -0.15) is 0 Å². The first-order chi connectivity index (χ1) is 9.74. The van der Waals surface area contributed by atoms with E-state index < -0.39 is 0 Å². The van der Waals surface area contributed by atoms with Gasteiger partial charge in [0.05, 0.1) is 32.5 Å². The van der Waals surface area contributed by atoms with E-state index in [1.807, 2.05) is 25.2 Å². The van der Waals surface area contributed by atoms with Gasteiger partial charge in [0.2, 0.25) is 0 Å². The number of benzene rings is 1. The lowest BCUT2D eigenvalue weighted by atomic mass is 10.1. The van der Waals surface area contributed by atoms with Crippen LogP contribution < -0.4 is 14.8 Å². The quantitative estimate of drug-likeness (QED) is 0.666. The first-order valence-electron chi connectivity index (χ1n) is 6.78. The molecule has 0 saturated heterocycles. The Balaban J connectivity index is 2.60. The van der Waals surface area contributed by atoms with E-state index in [4.69, 9.17) is 18.9 Å². The molecule has 0 aliphatic rings. The molecule has 0 aliphatic carbocycles. The number of methoxy groups -OCH3 is 2. The van der Waals surface area contributed by atoms with E-state index in [0.717, 1.165) is 17.1 Å². The molecular formula is C15H25NO4. The highest BCUT2D eigenvalue weighted by Crippen LogP contribution is 2.33. The molecule has 0 aliphatic heterocycles. The van der Waals surface area contributed by atoms with Crippen LogP contribution in [-0.4, -0.2) is 47.7 Å². The highest BCUT2D eigenvalue weighted by Gasteiger charge is 2.15. The molecule has 0 bridgehead atoms. The van der Waals surface area contributed by atoms with Crippen LogP contribution in [0.1, 0.15) is 18.5 Å². The summed E-state index contributed by atoms with van der Waals surface area (Å²) in [5, 5.41) is 3.21. The fourth-order valence-electron chi connectivity index (χ4n) is 1.85. The fourth-order valence-corrected chi connectivity index (χ4v) is 1.85. The molecule has 1 unspecified atom stereocenters. The summed E-state index contributed by atoms with van der Waals surface area (Å²) in [6, 6.07) is 5.95. The topological polar surface area (TPSA) is 49.0 Å². The second-order valence-corrected chi connectivity index (χ2v) is 4.34. The van der Waals surface area contributed by atoms with Gasteiger partial charge in [0.25, 0.3) is 0 Å². The second-order valence-electron chi connectivity index (χ2n) is 4.34. The van der Waals surface area contributed by atoms with Crippen molar-refractivity contribution in [1.82, 2.24) is 5.32 Å².